The Hall–Kier alpha value is -0.970. The molecule has 2 rings (SSSR count). The van der Waals surface area contributed by atoms with Crippen molar-refractivity contribution in [2.75, 3.05) is 6.54 Å². The molecule has 0 aliphatic carbocycles. The molecular formula is C16H18ClF2NS. The molecule has 1 unspecified atom stereocenters. The summed E-state index contributed by atoms with van der Waals surface area (Å²) in [7, 11) is 0. The molecule has 1 N–H and O–H groups in total. The molecule has 5 heteroatoms. The van der Waals surface area contributed by atoms with E-state index in [1.807, 2.05) is 12.3 Å². The van der Waals surface area contributed by atoms with Crippen LogP contribution in [0.1, 0.15) is 35.4 Å². The normalized spacial score (nSPS) is 12.6. The highest BCUT2D eigenvalue weighted by Crippen LogP contribution is 2.34. The monoisotopic (exact) mass is 329 g/mol. The molecule has 1 heterocycles. The fourth-order valence-corrected chi connectivity index (χ4v) is 3.56. The van der Waals surface area contributed by atoms with Crippen LogP contribution in [0.25, 0.3) is 0 Å². The lowest BCUT2D eigenvalue weighted by atomic mass is 10.0. The molecular weight excluding hydrogens is 312 g/mol. The van der Waals surface area contributed by atoms with Gasteiger partial charge in [0.25, 0.3) is 0 Å². The predicted octanol–water partition coefficient (Wildman–Crippen LogP) is 5.27. The third kappa shape index (κ3) is 4.02. The Morgan fingerprint density at radius 3 is 2.62 bits per heavy atom. The molecule has 1 nitrogen and oxygen atoms in total. The summed E-state index contributed by atoms with van der Waals surface area (Å²) in [4.78, 5) is 1.05. The zero-order valence-corrected chi connectivity index (χ0v) is 13.6. The van der Waals surface area contributed by atoms with E-state index in [0.717, 1.165) is 34.0 Å². The molecule has 0 saturated heterocycles. The van der Waals surface area contributed by atoms with Crippen LogP contribution in [0.4, 0.5) is 8.78 Å². The largest absolute Gasteiger partial charge is 0.309 e. The van der Waals surface area contributed by atoms with Gasteiger partial charge in [-0.3, -0.25) is 0 Å². The smallest absolute Gasteiger partial charge is 0.159 e. The van der Waals surface area contributed by atoms with Crippen LogP contribution < -0.4 is 5.32 Å². The molecule has 0 spiro atoms. The van der Waals surface area contributed by atoms with Gasteiger partial charge in [-0.1, -0.05) is 24.6 Å². The van der Waals surface area contributed by atoms with Crippen LogP contribution >= 0.6 is 22.9 Å². The topological polar surface area (TPSA) is 12.0 Å². The van der Waals surface area contributed by atoms with Gasteiger partial charge in [-0.15, -0.1) is 11.3 Å². The van der Waals surface area contributed by atoms with E-state index in [4.69, 9.17) is 11.6 Å². The van der Waals surface area contributed by atoms with Gasteiger partial charge in [-0.25, -0.2) is 8.78 Å². The number of rotatable bonds is 6. The van der Waals surface area contributed by atoms with Gasteiger partial charge in [-0.2, -0.15) is 0 Å². The average Bonchev–Trinajstić information content (AvgIpc) is 2.79. The maximum absolute atomic E-state index is 13.3. The van der Waals surface area contributed by atoms with Crippen molar-refractivity contribution < 1.29 is 8.78 Å². The number of hydrogen-bond donors (Lipinski definition) is 1. The van der Waals surface area contributed by atoms with E-state index in [0.29, 0.717) is 6.42 Å². The first kappa shape index (κ1) is 16.4. The first-order valence-corrected chi connectivity index (χ1v) is 8.19. The summed E-state index contributed by atoms with van der Waals surface area (Å²) in [5, 5.41) is 6.21. The van der Waals surface area contributed by atoms with Gasteiger partial charge in [0.1, 0.15) is 0 Å². The standard InChI is InChI=1S/C16H18ClF2NS/c1-3-6-20-14(16-15(17)10(2)9-21-16)8-11-4-5-12(18)13(19)7-11/h4-5,7,9,14,20H,3,6,8H2,1-2H3. The molecule has 0 fully saturated rings. The van der Waals surface area contributed by atoms with Crippen LogP contribution in [0.5, 0.6) is 0 Å². The number of aryl methyl sites for hydroxylation is 1. The minimum Gasteiger partial charge on any atom is -0.309 e. The van der Waals surface area contributed by atoms with Gasteiger partial charge in [-0.05, 0) is 54.9 Å². The minimum atomic E-state index is -0.818. The molecule has 1 aromatic heterocycles. The lowest BCUT2D eigenvalue weighted by Gasteiger charge is -2.18. The highest BCUT2D eigenvalue weighted by Gasteiger charge is 2.18. The van der Waals surface area contributed by atoms with E-state index in [2.05, 4.69) is 12.2 Å². The van der Waals surface area contributed by atoms with Gasteiger partial charge in [0, 0.05) is 10.9 Å². The molecule has 0 bridgehead atoms. The summed E-state index contributed by atoms with van der Waals surface area (Å²) < 4.78 is 26.4. The van der Waals surface area contributed by atoms with E-state index in [1.165, 1.54) is 12.1 Å². The Labute approximate surface area is 133 Å². The summed E-state index contributed by atoms with van der Waals surface area (Å²) in [6.45, 7) is 4.90. The molecule has 114 valence electrons. The Balaban J connectivity index is 2.23. The highest BCUT2D eigenvalue weighted by atomic mass is 35.5. The SMILES string of the molecule is CCCNC(Cc1ccc(F)c(F)c1)c1scc(C)c1Cl. The Kier molecular flexibility index (Phi) is 5.73. The van der Waals surface area contributed by atoms with Crippen LogP contribution in [-0.2, 0) is 6.42 Å². The fraction of sp³-hybridized carbons (Fsp3) is 0.375. The third-order valence-electron chi connectivity index (χ3n) is 3.31. The Morgan fingerprint density at radius 1 is 1.29 bits per heavy atom. The summed E-state index contributed by atoms with van der Waals surface area (Å²) in [5.74, 6) is -1.63. The average molecular weight is 330 g/mol. The second-order valence-corrected chi connectivity index (χ2v) is 6.35. The summed E-state index contributed by atoms with van der Waals surface area (Å²) in [5.41, 5.74) is 1.80. The summed E-state index contributed by atoms with van der Waals surface area (Å²) >= 11 is 7.94. The van der Waals surface area contributed by atoms with Gasteiger partial charge >= 0.3 is 0 Å². The Morgan fingerprint density at radius 2 is 2.05 bits per heavy atom. The van der Waals surface area contributed by atoms with E-state index < -0.39 is 11.6 Å². The second kappa shape index (κ2) is 7.34. The molecule has 0 aliphatic rings. The maximum atomic E-state index is 13.3. The Bertz CT molecular complexity index is 612. The van der Waals surface area contributed by atoms with Crippen molar-refractivity contribution in [3.8, 4) is 0 Å². The number of hydrogen-bond acceptors (Lipinski definition) is 2. The van der Waals surface area contributed by atoms with Gasteiger partial charge < -0.3 is 5.32 Å². The van der Waals surface area contributed by atoms with Crippen molar-refractivity contribution in [1.82, 2.24) is 5.32 Å². The van der Waals surface area contributed by atoms with Crippen molar-refractivity contribution in [1.29, 1.82) is 0 Å². The summed E-state index contributed by atoms with van der Waals surface area (Å²) in [6, 6.07) is 4.06. The van der Waals surface area contributed by atoms with Crippen LogP contribution in [0.15, 0.2) is 23.6 Å². The molecule has 1 atom stereocenters. The molecule has 0 amide bonds. The van der Waals surface area contributed by atoms with E-state index in [1.54, 1.807) is 17.4 Å². The predicted molar refractivity (Wildman–Crippen MR) is 85.2 cm³/mol. The van der Waals surface area contributed by atoms with Crippen molar-refractivity contribution in [3.63, 3.8) is 0 Å². The van der Waals surface area contributed by atoms with E-state index >= 15 is 0 Å². The third-order valence-corrected chi connectivity index (χ3v) is 5.13. The lowest BCUT2D eigenvalue weighted by molar-refractivity contribution is 0.501. The van der Waals surface area contributed by atoms with Crippen molar-refractivity contribution in [3.05, 3.63) is 56.2 Å². The van der Waals surface area contributed by atoms with Gasteiger partial charge in [0.2, 0.25) is 0 Å². The first-order valence-electron chi connectivity index (χ1n) is 6.93. The minimum absolute atomic E-state index is 0.0148. The van der Waals surface area contributed by atoms with Crippen molar-refractivity contribution in [2.45, 2.75) is 32.7 Å². The number of thiophene rings is 1. The van der Waals surface area contributed by atoms with Crippen LogP contribution in [0, 0.1) is 18.6 Å². The number of halogens is 3. The van der Waals surface area contributed by atoms with E-state index in [9.17, 15) is 8.78 Å². The van der Waals surface area contributed by atoms with Gasteiger partial charge in [0.05, 0.1) is 5.02 Å². The summed E-state index contributed by atoms with van der Waals surface area (Å²) in [6.07, 6.45) is 1.58. The van der Waals surface area contributed by atoms with Crippen molar-refractivity contribution >= 4 is 22.9 Å². The van der Waals surface area contributed by atoms with Crippen LogP contribution in [-0.4, -0.2) is 6.54 Å². The molecule has 0 saturated carbocycles. The highest BCUT2D eigenvalue weighted by molar-refractivity contribution is 7.10. The molecule has 2 aromatic rings. The zero-order chi connectivity index (χ0) is 15.4. The van der Waals surface area contributed by atoms with Gasteiger partial charge in [0.15, 0.2) is 11.6 Å². The van der Waals surface area contributed by atoms with Crippen LogP contribution in [0.3, 0.4) is 0 Å². The molecule has 0 radical (unpaired) electrons. The number of benzene rings is 1. The maximum Gasteiger partial charge on any atom is 0.159 e. The first-order chi connectivity index (χ1) is 10.0. The number of nitrogens with one attached hydrogen (secondary N) is 1. The fourth-order valence-electron chi connectivity index (χ4n) is 2.16. The van der Waals surface area contributed by atoms with Crippen molar-refractivity contribution in [2.24, 2.45) is 0 Å². The molecule has 1 aromatic carbocycles. The second-order valence-electron chi connectivity index (χ2n) is 5.06. The lowest BCUT2D eigenvalue weighted by Crippen LogP contribution is -2.23. The molecule has 0 aliphatic heterocycles. The quantitative estimate of drug-likeness (QED) is 0.761. The zero-order valence-electron chi connectivity index (χ0n) is 12.1. The van der Waals surface area contributed by atoms with E-state index in [-0.39, 0.29) is 6.04 Å². The molecule has 21 heavy (non-hydrogen) atoms. The van der Waals surface area contributed by atoms with Crippen LogP contribution in [0.2, 0.25) is 5.02 Å².